The lowest BCUT2D eigenvalue weighted by Gasteiger charge is -2.38. The number of urea groups is 1. The maximum atomic E-state index is 12.3. The highest BCUT2D eigenvalue weighted by atomic mass is 32.2. The van der Waals surface area contributed by atoms with Gasteiger partial charge in [-0.3, -0.25) is 0 Å². The zero-order chi connectivity index (χ0) is 25.0. The minimum atomic E-state index is -1.12. The van der Waals surface area contributed by atoms with Crippen LogP contribution >= 0.6 is 0 Å². The zero-order valence-corrected chi connectivity index (χ0v) is 22.0. The van der Waals surface area contributed by atoms with E-state index in [0.29, 0.717) is 12.5 Å². The van der Waals surface area contributed by atoms with Crippen LogP contribution in [0.5, 0.6) is 0 Å². The van der Waals surface area contributed by atoms with Crippen LogP contribution in [0.2, 0.25) is 0 Å². The van der Waals surface area contributed by atoms with Crippen molar-refractivity contribution in [2.24, 2.45) is 16.2 Å². The fraction of sp³-hybridized carbons (Fsp3) is 0.654. The molecule has 2 bridgehead atoms. The molecule has 3 aliphatic carbocycles. The van der Waals surface area contributed by atoms with E-state index in [0.717, 1.165) is 55.6 Å². The van der Waals surface area contributed by atoms with Gasteiger partial charge in [0.1, 0.15) is 0 Å². The summed E-state index contributed by atoms with van der Waals surface area (Å²) in [6, 6.07) is -0.206. The Kier molecular flexibility index (Phi) is 8.39. The van der Waals surface area contributed by atoms with Crippen molar-refractivity contribution in [3.63, 3.8) is 0 Å². The first-order valence-electron chi connectivity index (χ1n) is 12.7. The molecule has 2 amide bonds. The molecule has 5 N–H and O–H groups in total. The molecule has 0 aromatic heterocycles. The van der Waals surface area contributed by atoms with Crippen LogP contribution in [-0.4, -0.2) is 54.2 Å². The van der Waals surface area contributed by atoms with Gasteiger partial charge in [0.05, 0.1) is 30.7 Å². The number of ether oxygens (including phenoxy) is 1. The average Bonchev–Trinajstić information content (AvgIpc) is 3.29. The first kappa shape index (κ1) is 26.0. The van der Waals surface area contributed by atoms with Gasteiger partial charge in [-0.05, 0) is 75.7 Å². The summed E-state index contributed by atoms with van der Waals surface area (Å²) >= 11 is 0. The highest BCUT2D eigenvalue weighted by Crippen LogP contribution is 2.46. The minimum Gasteiger partial charge on any atom is -0.383 e. The average molecular weight is 504 g/mol. The summed E-state index contributed by atoms with van der Waals surface area (Å²) in [4.78, 5) is 12.3. The largest absolute Gasteiger partial charge is 0.383 e. The topological polar surface area (TPSA) is 107 Å². The molecular weight excluding hydrogens is 462 g/mol. The molecule has 4 aliphatic rings. The normalized spacial score (nSPS) is 34.4. The Hall–Kier alpha value is -2.10. The molecule has 6 atom stereocenters. The van der Waals surface area contributed by atoms with E-state index in [2.05, 4.69) is 51.3 Å². The number of aliphatic hydroxyl groups is 1. The van der Waals surface area contributed by atoms with E-state index in [1.165, 1.54) is 6.42 Å². The number of rotatable bonds is 8. The van der Waals surface area contributed by atoms with Crippen molar-refractivity contribution in [3.8, 4) is 0 Å². The zero-order valence-electron chi connectivity index (χ0n) is 21.2. The number of hydrogen-bond acceptors (Lipinski definition) is 6. The van der Waals surface area contributed by atoms with E-state index >= 15 is 0 Å². The van der Waals surface area contributed by atoms with Crippen molar-refractivity contribution in [1.82, 2.24) is 21.3 Å². The molecule has 8 nitrogen and oxygen atoms in total. The van der Waals surface area contributed by atoms with E-state index in [4.69, 9.17) is 4.74 Å². The number of nitrogens with one attached hydrogen (secondary N) is 4. The van der Waals surface area contributed by atoms with Crippen molar-refractivity contribution in [2.75, 3.05) is 19.1 Å². The molecule has 1 heterocycles. The first-order valence-corrected chi connectivity index (χ1v) is 14.7. The smallest absolute Gasteiger partial charge is 0.323 e. The molecule has 0 radical (unpaired) electrons. The second kappa shape index (κ2) is 11.3. The lowest BCUT2D eigenvalue weighted by Crippen LogP contribution is -2.58. The summed E-state index contributed by atoms with van der Waals surface area (Å²) in [5, 5.41) is 24.0. The van der Waals surface area contributed by atoms with Gasteiger partial charge in [0.15, 0.2) is 5.72 Å². The third-order valence-electron chi connectivity index (χ3n) is 7.33. The van der Waals surface area contributed by atoms with Gasteiger partial charge in [-0.1, -0.05) is 25.7 Å². The molecule has 194 valence electrons. The third kappa shape index (κ3) is 6.37. The fourth-order valence-electron chi connectivity index (χ4n) is 5.62. The number of allylic oxidation sites excluding steroid dienone is 3. The highest BCUT2D eigenvalue weighted by Gasteiger charge is 2.60. The third-order valence-corrected chi connectivity index (χ3v) is 7.99. The summed E-state index contributed by atoms with van der Waals surface area (Å²) < 4.78 is 10.7. The van der Waals surface area contributed by atoms with Crippen LogP contribution in [-0.2, 0) is 15.4 Å². The summed E-state index contributed by atoms with van der Waals surface area (Å²) in [6.45, 7) is 6.77. The summed E-state index contributed by atoms with van der Waals surface area (Å²) in [7, 11) is -0.226. The van der Waals surface area contributed by atoms with Crippen LogP contribution in [0, 0.1) is 11.8 Å². The number of fused-ring (bicyclic) bond motifs is 2. The van der Waals surface area contributed by atoms with Crippen LogP contribution in [0.25, 0.3) is 0 Å². The Bertz CT molecular complexity index is 941. The number of amides is 2. The van der Waals surface area contributed by atoms with Gasteiger partial charge in [-0.2, -0.15) is 0 Å². The van der Waals surface area contributed by atoms with Crippen LogP contribution in [0.1, 0.15) is 51.9 Å². The van der Waals surface area contributed by atoms with Crippen molar-refractivity contribution in [3.05, 3.63) is 48.1 Å². The number of nitrogens with zero attached hydrogens (tertiary/aromatic N) is 1. The Morgan fingerprint density at radius 1 is 1.34 bits per heavy atom. The second-order valence-electron chi connectivity index (χ2n) is 10.4. The first-order chi connectivity index (χ1) is 16.7. The molecule has 1 saturated heterocycles. The van der Waals surface area contributed by atoms with E-state index in [1.54, 1.807) is 0 Å². The van der Waals surface area contributed by atoms with Crippen LogP contribution in [0.4, 0.5) is 4.79 Å². The van der Waals surface area contributed by atoms with Gasteiger partial charge in [0.2, 0.25) is 0 Å². The molecular formula is C26H41N5O3S. The Labute approximate surface area is 211 Å². The minimum absolute atomic E-state index is 0.0496. The van der Waals surface area contributed by atoms with Crippen LogP contribution in [0.15, 0.2) is 52.5 Å². The van der Waals surface area contributed by atoms with E-state index in [9.17, 15) is 9.90 Å². The highest BCUT2D eigenvalue weighted by molar-refractivity contribution is 7.85. The molecule has 1 unspecified atom stereocenters. The lowest BCUT2D eigenvalue weighted by molar-refractivity contribution is -0.00708. The molecule has 35 heavy (non-hydrogen) atoms. The second-order valence-corrected chi connectivity index (χ2v) is 12.1. The molecule has 0 aromatic carbocycles. The van der Waals surface area contributed by atoms with Crippen molar-refractivity contribution < 1.29 is 14.6 Å². The SMILES string of the molecule is C=C1N[C@@H]2CC1[C@@](O)(N=S(C)C)[C@@H]2N/C=C\CO[C@@H]1CC=C(NC(=O)NC2=CCC[C@H](C)C2)CC1. The number of piperidine rings is 1. The van der Waals surface area contributed by atoms with Gasteiger partial charge < -0.3 is 31.1 Å². The Morgan fingerprint density at radius 3 is 2.86 bits per heavy atom. The quantitative estimate of drug-likeness (QED) is 0.350. The van der Waals surface area contributed by atoms with E-state index in [-0.39, 0.29) is 40.8 Å². The van der Waals surface area contributed by atoms with E-state index < -0.39 is 5.72 Å². The fourth-order valence-corrected chi connectivity index (χ4v) is 6.45. The molecule has 1 aliphatic heterocycles. The summed E-state index contributed by atoms with van der Waals surface area (Å²) in [5.41, 5.74) is 1.75. The molecule has 2 fully saturated rings. The van der Waals surface area contributed by atoms with E-state index in [1.807, 2.05) is 24.8 Å². The van der Waals surface area contributed by atoms with Gasteiger partial charge in [-0.25, -0.2) is 9.16 Å². The number of carbonyl (C=O) groups excluding carboxylic acids is 1. The molecule has 0 aromatic rings. The van der Waals surface area contributed by atoms with Gasteiger partial charge >= 0.3 is 6.03 Å². The maximum Gasteiger partial charge on any atom is 0.323 e. The summed E-state index contributed by atoms with van der Waals surface area (Å²) in [5.74, 6) is 0.573. The molecule has 1 saturated carbocycles. The van der Waals surface area contributed by atoms with Crippen molar-refractivity contribution >= 4 is 16.7 Å². The number of carbonyl (C=O) groups is 1. The number of hydrogen-bond donors (Lipinski definition) is 5. The van der Waals surface area contributed by atoms with Crippen LogP contribution < -0.4 is 21.3 Å². The van der Waals surface area contributed by atoms with Gasteiger partial charge in [-0.15, -0.1) is 10.7 Å². The van der Waals surface area contributed by atoms with Crippen molar-refractivity contribution in [2.45, 2.75) is 75.8 Å². The predicted octanol–water partition coefficient (Wildman–Crippen LogP) is 3.17. The standard InChI is InChI=1S/C26H41N5O3S/c1-17-7-5-8-20(15-17)30-25(32)29-19-9-11-21(12-10-19)34-14-6-13-27-24-23-16-22(18(2)28-23)26(24,33)31-35(3)4/h6,8-9,13,17,21-24,27-28,33H,2,5,7,10-12,14-16H2,1,3-4H3,(H2,29,30,32)/b13-6-/t17-,21+,22?,23+,24+,26-/m0/s1. The van der Waals surface area contributed by atoms with Crippen LogP contribution in [0.3, 0.4) is 0 Å². The summed E-state index contributed by atoms with van der Waals surface area (Å²) in [6.07, 6.45) is 18.6. The monoisotopic (exact) mass is 503 g/mol. The molecule has 4 rings (SSSR count). The Balaban J connectivity index is 1.18. The lowest BCUT2D eigenvalue weighted by atomic mass is 9.93. The Morgan fingerprint density at radius 2 is 2.14 bits per heavy atom. The molecule has 9 heteroatoms. The van der Waals surface area contributed by atoms with Gasteiger partial charge in [0.25, 0.3) is 0 Å². The predicted molar refractivity (Wildman–Crippen MR) is 141 cm³/mol. The maximum absolute atomic E-state index is 12.3. The molecule has 0 spiro atoms. The van der Waals surface area contributed by atoms with Crippen molar-refractivity contribution in [1.29, 1.82) is 0 Å². The van der Waals surface area contributed by atoms with Gasteiger partial charge in [0, 0.05) is 17.1 Å².